The largest absolute Gasteiger partial charge is 0.490 e. The molecule has 21 heavy (non-hydrogen) atoms. The van der Waals surface area contributed by atoms with E-state index >= 15 is 0 Å². The molecule has 2 unspecified atom stereocenters. The third-order valence-corrected chi connectivity index (χ3v) is 6.52. The predicted octanol–water partition coefficient (Wildman–Crippen LogP) is 3.19. The Morgan fingerprint density at radius 3 is 2.76 bits per heavy atom. The van der Waals surface area contributed by atoms with Gasteiger partial charge in [0.05, 0.1) is 28.0 Å². The van der Waals surface area contributed by atoms with Gasteiger partial charge < -0.3 is 9.47 Å². The second-order valence-corrected chi connectivity index (χ2v) is 8.65. The average molecular weight is 398 g/mol. The lowest BCUT2D eigenvalue weighted by Gasteiger charge is -2.17. The Morgan fingerprint density at radius 1 is 1.43 bits per heavy atom. The van der Waals surface area contributed by atoms with Gasteiger partial charge in [0, 0.05) is 7.11 Å². The summed E-state index contributed by atoms with van der Waals surface area (Å²) in [5.41, 5.74) is 0.907. The third kappa shape index (κ3) is 4.58. The zero-order chi connectivity index (χ0) is 15.5. The number of ether oxygens (including phenoxy) is 2. The van der Waals surface area contributed by atoms with Crippen LogP contribution in [0.1, 0.15) is 17.4 Å². The number of methoxy groups -OCH3 is 1. The Kier molecular flexibility index (Phi) is 5.94. The minimum absolute atomic E-state index is 0.0242. The van der Waals surface area contributed by atoms with Crippen LogP contribution in [0.3, 0.4) is 0 Å². The zero-order valence-electron chi connectivity index (χ0n) is 11.7. The molecule has 0 bridgehead atoms. The number of sulfone groups is 1. The Bertz CT molecular complexity index is 591. The smallest absolute Gasteiger partial charge is 0.150 e. The van der Waals surface area contributed by atoms with Crippen molar-refractivity contribution in [3.63, 3.8) is 0 Å². The highest BCUT2D eigenvalue weighted by atomic mass is 79.9. The summed E-state index contributed by atoms with van der Waals surface area (Å²) < 4.78 is 34.4. The fourth-order valence-corrected chi connectivity index (χ4v) is 5.17. The van der Waals surface area contributed by atoms with Crippen LogP contribution in [-0.2, 0) is 14.6 Å². The fourth-order valence-electron chi connectivity index (χ4n) is 2.37. The molecule has 1 fully saturated rings. The van der Waals surface area contributed by atoms with Crippen molar-refractivity contribution >= 4 is 37.4 Å². The molecule has 1 aromatic rings. The highest BCUT2D eigenvalue weighted by Crippen LogP contribution is 2.38. The van der Waals surface area contributed by atoms with Gasteiger partial charge >= 0.3 is 0 Å². The molecule has 0 amide bonds. The quantitative estimate of drug-likeness (QED) is 0.546. The first-order chi connectivity index (χ1) is 9.93. The van der Waals surface area contributed by atoms with Gasteiger partial charge in [-0.1, -0.05) is 6.07 Å². The second kappa shape index (κ2) is 7.31. The van der Waals surface area contributed by atoms with E-state index in [0.29, 0.717) is 19.6 Å². The molecule has 1 aromatic carbocycles. The molecule has 0 radical (unpaired) electrons. The maximum absolute atomic E-state index is 11.5. The van der Waals surface area contributed by atoms with Gasteiger partial charge in [-0.3, -0.25) is 0 Å². The molecule has 0 spiro atoms. The summed E-state index contributed by atoms with van der Waals surface area (Å²) in [6.45, 7) is 0.992. The van der Waals surface area contributed by atoms with Crippen LogP contribution in [0.25, 0.3) is 0 Å². The minimum Gasteiger partial charge on any atom is -0.490 e. The fraction of sp³-hybridized carbons (Fsp3) is 0.571. The first-order valence-electron chi connectivity index (χ1n) is 6.68. The predicted molar refractivity (Wildman–Crippen MR) is 86.9 cm³/mol. The molecule has 4 nitrogen and oxygen atoms in total. The highest BCUT2D eigenvalue weighted by Gasteiger charge is 2.33. The summed E-state index contributed by atoms with van der Waals surface area (Å²) in [5, 5.41) is -0.299. The van der Waals surface area contributed by atoms with E-state index in [1.165, 1.54) is 0 Å². The first-order valence-corrected chi connectivity index (χ1v) is 9.73. The monoisotopic (exact) mass is 396 g/mol. The molecule has 2 atom stereocenters. The van der Waals surface area contributed by atoms with Gasteiger partial charge in [-0.15, -0.1) is 11.6 Å². The summed E-state index contributed by atoms with van der Waals surface area (Å²) in [5.74, 6) is 1.10. The summed E-state index contributed by atoms with van der Waals surface area (Å²) in [7, 11) is -1.30. The average Bonchev–Trinajstić information content (AvgIpc) is 2.80. The molecule has 1 saturated heterocycles. The molecule has 0 N–H and O–H groups in total. The van der Waals surface area contributed by atoms with Crippen molar-refractivity contribution in [2.24, 2.45) is 5.92 Å². The number of halogens is 2. The molecule has 1 aliphatic heterocycles. The lowest BCUT2D eigenvalue weighted by atomic mass is 9.98. The number of hydrogen-bond donors (Lipinski definition) is 0. The van der Waals surface area contributed by atoms with Gasteiger partial charge in [-0.25, -0.2) is 8.42 Å². The van der Waals surface area contributed by atoms with Crippen LogP contribution >= 0.6 is 27.5 Å². The number of alkyl halides is 1. The molecule has 0 aromatic heterocycles. The van der Waals surface area contributed by atoms with Gasteiger partial charge in [-0.05, 0) is 46.0 Å². The van der Waals surface area contributed by atoms with E-state index in [1.807, 2.05) is 18.2 Å². The molecular weight excluding hydrogens is 380 g/mol. The van der Waals surface area contributed by atoms with Crippen molar-refractivity contribution in [2.75, 3.05) is 31.8 Å². The van der Waals surface area contributed by atoms with Gasteiger partial charge in [-0.2, -0.15) is 0 Å². The van der Waals surface area contributed by atoms with Crippen molar-refractivity contribution in [3.8, 4) is 5.75 Å². The summed E-state index contributed by atoms with van der Waals surface area (Å²) in [6, 6.07) is 5.62. The summed E-state index contributed by atoms with van der Waals surface area (Å²) >= 11 is 9.90. The maximum Gasteiger partial charge on any atom is 0.150 e. The van der Waals surface area contributed by atoms with Crippen molar-refractivity contribution in [2.45, 2.75) is 11.8 Å². The molecule has 2 rings (SSSR count). The SMILES string of the molecule is COCCOc1ccc(C(Cl)C2CCS(=O)(=O)C2)cc1Br. The lowest BCUT2D eigenvalue weighted by molar-refractivity contribution is 0.146. The maximum atomic E-state index is 11.5. The Balaban J connectivity index is 2.05. The van der Waals surface area contributed by atoms with Crippen LogP contribution in [0.15, 0.2) is 22.7 Å². The van der Waals surface area contributed by atoms with Crippen molar-refractivity contribution in [1.82, 2.24) is 0 Å². The van der Waals surface area contributed by atoms with E-state index < -0.39 is 9.84 Å². The number of hydrogen-bond acceptors (Lipinski definition) is 4. The first kappa shape index (κ1) is 17.1. The molecule has 118 valence electrons. The summed E-state index contributed by atoms with van der Waals surface area (Å²) in [6.07, 6.45) is 0.625. The van der Waals surface area contributed by atoms with Crippen LogP contribution < -0.4 is 4.74 Å². The van der Waals surface area contributed by atoms with Crippen LogP contribution in [0, 0.1) is 5.92 Å². The number of rotatable bonds is 6. The topological polar surface area (TPSA) is 52.6 Å². The van der Waals surface area contributed by atoms with E-state index in [9.17, 15) is 8.42 Å². The molecular formula is C14H18BrClO4S. The summed E-state index contributed by atoms with van der Waals surface area (Å²) in [4.78, 5) is 0. The second-order valence-electron chi connectivity index (χ2n) is 5.10. The Labute approximate surface area is 138 Å². The van der Waals surface area contributed by atoms with E-state index in [2.05, 4.69) is 15.9 Å². The van der Waals surface area contributed by atoms with Gasteiger partial charge in [0.1, 0.15) is 12.4 Å². The molecule has 1 aliphatic rings. The third-order valence-electron chi connectivity index (χ3n) is 3.50. The van der Waals surface area contributed by atoms with Crippen molar-refractivity contribution in [3.05, 3.63) is 28.2 Å². The van der Waals surface area contributed by atoms with E-state index in [1.54, 1.807) is 7.11 Å². The molecule has 0 saturated carbocycles. The van der Waals surface area contributed by atoms with E-state index in [4.69, 9.17) is 21.1 Å². The Morgan fingerprint density at radius 2 is 2.19 bits per heavy atom. The minimum atomic E-state index is -2.92. The van der Waals surface area contributed by atoms with E-state index in [0.717, 1.165) is 15.8 Å². The normalized spacial score (nSPS) is 22.1. The van der Waals surface area contributed by atoms with Crippen molar-refractivity contribution in [1.29, 1.82) is 0 Å². The van der Waals surface area contributed by atoms with Crippen molar-refractivity contribution < 1.29 is 17.9 Å². The molecule has 1 heterocycles. The number of benzene rings is 1. The zero-order valence-corrected chi connectivity index (χ0v) is 14.9. The molecule has 7 heteroatoms. The molecule has 0 aliphatic carbocycles. The van der Waals surface area contributed by atoms with Gasteiger partial charge in [0.15, 0.2) is 9.84 Å². The van der Waals surface area contributed by atoms with E-state index in [-0.39, 0.29) is 22.8 Å². The van der Waals surface area contributed by atoms with Crippen LogP contribution in [0.2, 0.25) is 0 Å². The van der Waals surface area contributed by atoms with Gasteiger partial charge in [0.2, 0.25) is 0 Å². The standard InChI is InChI=1S/C14H18BrClO4S/c1-19-5-6-20-13-3-2-10(8-12(13)15)14(16)11-4-7-21(17,18)9-11/h2-3,8,11,14H,4-7,9H2,1H3. The highest BCUT2D eigenvalue weighted by molar-refractivity contribution is 9.10. The Hall–Kier alpha value is -0.300. The van der Waals surface area contributed by atoms with Crippen LogP contribution in [0.5, 0.6) is 5.75 Å². The lowest BCUT2D eigenvalue weighted by Crippen LogP contribution is -2.10. The van der Waals surface area contributed by atoms with Crippen LogP contribution in [0.4, 0.5) is 0 Å². The van der Waals surface area contributed by atoms with Crippen LogP contribution in [-0.4, -0.2) is 40.2 Å². The van der Waals surface area contributed by atoms with Gasteiger partial charge in [0.25, 0.3) is 0 Å².